The van der Waals surface area contributed by atoms with E-state index in [-0.39, 0.29) is 23.9 Å². The van der Waals surface area contributed by atoms with Gasteiger partial charge in [0, 0.05) is 6.54 Å². The third-order valence-corrected chi connectivity index (χ3v) is 4.06. The molecule has 3 atom stereocenters. The molecular weight excluding hydrogens is 255 g/mol. The van der Waals surface area contributed by atoms with Crippen LogP contribution in [-0.4, -0.2) is 23.4 Å². The summed E-state index contributed by atoms with van der Waals surface area (Å²) in [6, 6.07) is 6.26. The van der Waals surface area contributed by atoms with Crippen molar-refractivity contribution in [3.05, 3.63) is 35.6 Å². The minimum Gasteiger partial charge on any atom is -0.322 e. The SMILES string of the molecule is CCCN1C(=O)C(C(C)CC)NC1c1ccc(F)cc1. The minimum atomic E-state index is -0.251. The standard InChI is InChI=1S/C16H23FN2O/c1-4-10-19-15(12-6-8-13(17)9-7-12)18-14(16(19)20)11(3)5-2/h6-9,11,14-15,18H,4-5,10H2,1-3H3. The molecule has 1 amide bonds. The fourth-order valence-electron chi connectivity index (χ4n) is 2.68. The van der Waals surface area contributed by atoms with Crippen molar-refractivity contribution in [1.82, 2.24) is 10.2 Å². The van der Waals surface area contributed by atoms with Crippen molar-refractivity contribution in [1.29, 1.82) is 0 Å². The molecule has 0 saturated carbocycles. The largest absolute Gasteiger partial charge is 0.322 e. The van der Waals surface area contributed by atoms with Gasteiger partial charge in [0.1, 0.15) is 12.0 Å². The van der Waals surface area contributed by atoms with Crippen LogP contribution in [0.5, 0.6) is 0 Å². The molecule has 1 saturated heterocycles. The topological polar surface area (TPSA) is 32.3 Å². The summed E-state index contributed by atoms with van der Waals surface area (Å²) in [5.41, 5.74) is 0.944. The van der Waals surface area contributed by atoms with Gasteiger partial charge in [0.2, 0.25) is 5.91 Å². The Balaban J connectivity index is 2.26. The van der Waals surface area contributed by atoms with Crippen LogP contribution in [0.3, 0.4) is 0 Å². The molecule has 0 bridgehead atoms. The van der Waals surface area contributed by atoms with Crippen LogP contribution in [0.1, 0.15) is 45.3 Å². The van der Waals surface area contributed by atoms with Gasteiger partial charge in [-0.05, 0) is 30.0 Å². The highest BCUT2D eigenvalue weighted by Crippen LogP contribution is 2.29. The molecule has 20 heavy (non-hydrogen) atoms. The van der Waals surface area contributed by atoms with Crippen LogP contribution in [0, 0.1) is 11.7 Å². The van der Waals surface area contributed by atoms with Crippen molar-refractivity contribution in [3.63, 3.8) is 0 Å². The van der Waals surface area contributed by atoms with Crippen molar-refractivity contribution < 1.29 is 9.18 Å². The van der Waals surface area contributed by atoms with Crippen LogP contribution in [0.15, 0.2) is 24.3 Å². The summed E-state index contributed by atoms with van der Waals surface area (Å²) in [5, 5.41) is 3.42. The molecule has 0 aromatic heterocycles. The molecule has 3 nitrogen and oxygen atoms in total. The van der Waals surface area contributed by atoms with Crippen molar-refractivity contribution in [2.45, 2.75) is 45.8 Å². The molecule has 1 aliphatic rings. The molecule has 2 rings (SSSR count). The Kier molecular flexibility index (Phi) is 4.76. The van der Waals surface area contributed by atoms with Gasteiger partial charge < -0.3 is 4.90 Å². The molecule has 110 valence electrons. The molecule has 3 unspecified atom stereocenters. The van der Waals surface area contributed by atoms with Crippen molar-refractivity contribution in [2.75, 3.05) is 6.54 Å². The Morgan fingerprint density at radius 3 is 2.50 bits per heavy atom. The number of amides is 1. The summed E-state index contributed by atoms with van der Waals surface area (Å²) < 4.78 is 13.1. The highest BCUT2D eigenvalue weighted by Gasteiger charge is 2.40. The molecule has 1 aliphatic heterocycles. The molecule has 0 radical (unpaired) electrons. The van der Waals surface area contributed by atoms with E-state index >= 15 is 0 Å². The van der Waals surface area contributed by atoms with Gasteiger partial charge in [-0.1, -0.05) is 39.3 Å². The van der Waals surface area contributed by atoms with Crippen LogP contribution in [0.2, 0.25) is 0 Å². The lowest BCUT2D eigenvalue weighted by Crippen LogP contribution is -2.35. The van der Waals surface area contributed by atoms with E-state index in [0.29, 0.717) is 5.92 Å². The van der Waals surface area contributed by atoms with Gasteiger partial charge in [0.15, 0.2) is 0 Å². The molecule has 1 aromatic rings. The molecule has 1 aromatic carbocycles. The van der Waals surface area contributed by atoms with Crippen LogP contribution >= 0.6 is 0 Å². The fourth-order valence-corrected chi connectivity index (χ4v) is 2.68. The zero-order chi connectivity index (χ0) is 14.7. The van der Waals surface area contributed by atoms with Gasteiger partial charge in [-0.15, -0.1) is 0 Å². The van der Waals surface area contributed by atoms with Crippen LogP contribution in [-0.2, 0) is 4.79 Å². The predicted molar refractivity (Wildman–Crippen MR) is 77.5 cm³/mol. The summed E-state index contributed by atoms with van der Waals surface area (Å²) in [7, 11) is 0. The summed E-state index contributed by atoms with van der Waals surface area (Å²) in [4.78, 5) is 14.4. The average molecular weight is 278 g/mol. The van der Waals surface area contributed by atoms with Crippen molar-refractivity contribution >= 4 is 5.91 Å². The van der Waals surface area contributed by atoms with E-state index in [9.17, 15) is 9.18 Å². The number of carbonyl (C=O) groups is 1. The first-order valence-electron chi connectivity index (χ1n) is 7.40. The number of hydrogen-bond acceptors (Lipinski definition) is 2. The maximum Gasteiger partial charge on any atom is 0.241 e. The average Bonchev–Trinajstić information content (AvgIpc) is 2.77. The van der Waals surface area contributed by atoms with Gasteiger partial charge in [-0.25, -0.2) is 4.39 Å². The van der Waals surface area contributed by atoms with Crippen molar-refractivity contribution in [3.8, 4) is 0 Å². The van der Waals surface area contributed by atoms with Gasteiger partial charge in [-0.3, -0.25) is 10.1 Å². The van der Waals surface area contributed by atoms with Gasteiger partial charge in [0.05, 0.1) is 6.04 Å². The van der Waals surface area contributed by atoms with E-state index in [1.165, 1.54) is 12.1 Å². The summed E-state index contributed by atoms with van der Waals surface area (Å²) >= 11 is 0. The highest BCUT2D eigenvalue weighted by molar-refractivity contribution is 5.84. The van der Waals surface area contributed by atoms with Crippen LogP contribution < -0.4 is 5.32 Å². The second kappa shape index (κ2) is 6.35. The molecule has 1 heterocycles. The van der Waals surface area contributed by atoms with E-state index in [1.54, 1.807) is 12.1 Å². The monoisotopic (exact) mass is 278 g/mol. The Hall–Kier alpha value is -1.42. The zero-order valence-electron chi connectivity index (χ0n) is 12.4. The number of nitrogens with zero attached hydrogens (tertiary/aromatic N) is 1. The second-order valence-electron chi connectivity index (χ2n) is 5.52. The minimum absolute atomic E-state index is 0.137. The number of benzene rings is 1. The number of rotatable bonds is 5. The summed E-state index contributed by atoms with van der Waals surface area (Å²) in [5.74, 6) is 0.210. The first-order chi connectivity index (χ1) is 9.58. The van der Waals surface area contributed by atoms with Crippen molar-refractivity contribution in [2.24, 2.45) is 5.92 Å². The molecule has 1 fully saturated rings. The van der Waals surface area contributed by atoms with E-state index in [2.05, 4.69) is 26.1 Å². The molecule has 1 N–H and O–H groups in total. The fraction of sp³-hybridized carbons (Fsp3) is 0.562. The van der Waals surface area contributed by atoms with E-state index in [0.717, 1.165) is 24.9 Å². The number of hydrogen-bond donors (Lipinski definition) is 1. The van der Waals surface area contributed by atoms with Crippen LogP contribution in [0.25, 0.3) is 0 Å². The zero-order valence-corrected chi connectivity index (χ0v) is 12.4. The summed E-state index contributed by atoms with van der Waals surface area (Å²) in [6.45, 7) is 6.97. The van der Waals surface area contributed by atoms with E-state index in [1.807, 2.05) is 4.90 Å². The molecule has 0 aliphatic carbocycles. The molecular formula is C16H23FN2O. The quantitative estimate of drug-likeness (QED) is 0.897. The lowest BCUT2D eigenvalue weighted by atomic mass is 9.99. The van der Waals surface area contributed by atoms with Gasteiger partial charge in [-0.2, -0.15) is 0 Å². The van der Waals surface area contributed by atoms with E-state index in [4.69, 9.17) is 0 Å². The number of nitrogens with one attached hydrogen (secondary N) is 1. The number of carbonyl (C=O) groups excluding carboxylic acids is 1. The predicted octanol–water partition coefficient (Wildman–Crippen LogP) is 3.08. The maximum atomic E-state index is 13.1. The van der Waals surface area contributed by atoms with Crippen LogP contribution in [0.4, 0.5) is 4.39 Å². The molecule has 4 heteroatoms. The Bertz CT molecular complexity index is 460. The number of halogens is 1. The maximum absolute atomic E-state index is 13.1. The first-order valence-corrected chi connectivity index (χ1v) is 7.40. The lowest BCUT2D eigenvalue weighted by molar-refractivity contribution is -0.131. The summed E-state index contributed by atoms with van der Waals surface area (Å²) in [6.07, 6.45) is 1.74. The normalized spacial score (nSPS) is 24.2. The molecule has 0 spiro atoms. The smallest absolute Gasteiger partial charge is 0.241 e. The van der Waals surface area contributed by atoms with Gasteiger partial charge >= 0.3 is 0 Å². The third kappa shape index (κ3) is 2.85. The van der Waals surface area contributed by atoms with E-state index < -0.39 is 0 Å². The Morgan fingerprint density at radius 1 is 1.30 bits per heavy atom. The Labute approximate surface area is 120 Å². The Morgan fingerprint density at radius 2 is 1.95 bits per heavy atom. The highest BCUT2D eigenvalue weighted by atomic mass is 19.1. The first kappa shape index (κ1) is 15.0. The van der Waals surface area contributed by atoms with Gasteiger partial charge in [0.25, 0.3) is 0 Å². The lowest BCUT2D eigenvalue weighted by Gasteiger charge is -2.24. The second-order valence-corrected chi connectivity index (χ2v) is 5.52. The third-order valence-electron chi connectivity index (χ3n) is 4.06.